The van der Waals surface area contributed by atoms with Crippen LogP contribution in [0.1, 0.15) is 27.2 Å². The summed E-state index contributed by atoms with van der Waals surface area (Å²) in [6.07, 6.45) is 0.673. The van der Waals surface area contributed by atoms with E-state index < -0.39 is 10.0 Å². The monoisotopic (exact) mass is 411 g/mol. The number of amides is 1. The molecular formula is C19H29N3O5S. The zero-order valence-corrected chi connectivity index (χ0v) is 17.5. The van der Waals surface area contributed by atoms with E-state index in [1.165, 1.54) is 10.4 Å². The SMILES string of the molecule is CC(C)(C)NC(=O)CN1CCCN(S(=O)(=O)c2ccc3c(c2)OCCO3)CC1. The molecule has 0 atom stereocenters. The first-order valence-electron chi connectivity index (χ1n) is 9.58. The first-order chi connectivity index (χ1) is 13.1. The molecule has 0 saturated carbocycles. The zero-order valence-electron chi connectivity index (χ0n) is 16.7. The lowest BCUT2D eigenvalue weighted by Crippen LogP contribution is -2.46. The maximum absolute atomic E-state index is 13.1. The molecule has 2 heterocycles. The molecule has 1 fully saturated rings. The second kappa shape index (κ2) is 8.26. The summed E-state index contributed by atoms with van der Waals surface area (Å²) in [5.74, 6) is 0.982. The van der Waals surface area contributed by atoms with Gasteiger partial charge in [-0.2, -0.15) is 4.31 Å². The lowest BCUT2D eigenvalue weighted by molar-refractivity contribution is -0.123. The van der Waals surface area contributed by atoms with Crippen molar-refractivity contribution in [2.24, 2.45) is 0 Å². The molecular weight excluding hydrogens is 382 g/mol. The van der Waals surface area contributed by atoms with E-state index in [9.17, 15) is 13.2 Å². The summed E-state index contributed by atoms with van der Waals surface area (Å²) < 4.78 is 38.6. The quantitative estimate of drug-likeness (QED) is 0.797. The maximum Gasteiger partial charge on any atom is 0.243 e. The molecule has 1 amide bonds. The highest BCUT2D eigenvalue weighted by atomic mass is 32.2. The van der Waals surface area contributed by atoms with Crippen molar-refractivity contribution in [2.45, 2.75) is 37.6 Å². The van der Waals surface area contributed by atoms with Crippen molar-refractivity contribution in [2.75, 3.05) is 45.9 Å². The summed E-state index contributed by atoms with van der Waals surface area (Å²) in [5, 5.41) is 2.94. The first-order valence-corrected chi connectivity index (χ1v) is 11.0. The number of fused-ring (bicyclic) bond motifs is 1. The van der Waals surface area contributed by atoms with Crippen LogP contribution in [0.25, 0.3) is 0 Å². The average Bonchev–Trinajstić information content (AvgIpc) is 2.85. The second-order valence-corrected chi connectivity index (χ2v) is 10.1. The Hall–Kier alpha value is -1.84. The molecule has 0 aromatic heterocycles. The molecule has 0 spiro atoms. The van der Waals surface area contributed by atoms with Gasteiger partial charge in [0.05, 0.1) is 11.4 Å². The molecule has 8 nitrogen and oxygen atoms in total. The summed E-state index contributed by atoms with van der Waals surface area (Å²) in [5.41, 5.74) is -0.281. The minimum Gasteiger partial charge on any atom is -0.486 e. The average molecular weight is 412 g/mol. The molecule has 1 N–H and O–H groups in total. The molecule has 0 bridgehead atoms. The number of carbonyl (C=O) groups excluding carboxylic acids is 1. The van der Waals surface area contributed by atoms with Crippen molar-refractivity contribution >= 4 is 15.9 Å². The predicted molar refractivity (Wildman–Crippen MR) is 105 cm³/mol. The molecule has 1 aromatic rings. The van der Waals surface area contributed by atoms with Gasteiger partial charge in [-0.1, -0.05) is 0 Å². The molecule has 9 heteroatoms. The number of nitrogens with one attached hydrogen (secondary N) is 1. The van der Waals surface area contributed by atoms with Gasteiger partial charge in [0.25, 0.3) is 0 Å². The first kappa shape index (κ1) is 20.9. The highest BCUT2D eigenvalue weighted by Crippen LogP contribution is 2.33. The Morgan fingerprint density at radius 1 is 1.07 bits per heavy atom. The number of hydrogen-bond acceptors (Lipinski definition) is 6. The van der Waals surface area contributed by atoms with Crippen LogP contribution in [0.5, 0.6) is 11.5 Å². The van der Waals surface area contributed by atoms with Gasteiger partial charge < -0.3 is 14.8 Å². The van der Waals surface area contributed by atoms with Crippen LogP contribution in [0, 0.1) is 0 Å². The molecule has 2 aliphatic rings. The molecule has 1 saturated heterocycles. The summed E-state index contributed by atoms with van der Waals surface area (Å²) in [7, 11) is -3.63. The Labute approximate surface area is 166 Å². The Kier molecular flexibility index (Phi) is 6.16. The number of rotatable bonds is 4. The highest BCUT2D eigenvalue weighted by Gasteiger charge is 2.29. The number of benzene rings is 1. The van der Waals surface area contributed by atoms with E-state index in [2.05, 4.69) is 5.32 Å². The molecule has 0 aliphatic carbocycles. The van der Waals surface area contributed by atoms with Gasteiger partial charge in [-0.3, -0.25) is 9.69 Å². The summed E-state index contributed by atoms with van der Waals surface area (Å²) in [6.45, 7) is 8.93. The summed E-state index contributed by atoms with van der Waals surface area (Å²) in [4.78, 5) is 14.4. The van der Waals surface area contributed by atoms with Crippen LogP contribution in [-0.2, 0) is 14.8 Å². The summed E-state index contributed by atoms with van der Waals surface area (Å²) in [6, 6.07) is 4.73. The maximum atomic E-state index is 13.1. The normalized spacial score (nSPS) is 19.1. The van der Waals surface area contributed by atoms with E-state index in [0.29, 0.717) is 57.3 Å². The third-order valence-corrected chi connectivity index (χ3v) is 6.48. The van der Waals surface area contributed by atoms with Gasteiger partial charge in [0.1, 0.15) is 13.2 Å². The third kappa shape index (κ3) is 5.15. The fourth-order valence-corrected chi connectivity index (χ4v) is 4.83. The Bertz CT molecular complexity index is 819. The number of hydrogen-bond donors (Lipinski definition) is 1. The van der Waals surface area contributed by atoms with E-state index in [0.717, 1.165) is 0 Å². The Morgan fingerprint density at radius 3 is 2.50 bits per heavy atom. The molecule has 28 heavy (non-hydrogen) atoms. The van der Waals surface area contributed by atoms with E-state index in [4.69, 9.17) is 9.47 Å². The lowest BCUT2D eigenvalue weighted by atomic mass is 10.1. The number of carbonyl (C=O) groups is 1. The van der Waals surface area contributed by atoms with Gasteiger partial charge in [-0.15, -0.1) is 0 Å². The molecule has 1 aromatic carbocycles. The molecule has 2 aliphatic heterocycles. The minimum absolute atomic E-state index is 0.0457. The third-order valence-electron chi connectivity index (χ3n) is 4.58. The fourth-order valence-electron chi connectivity index (χ4n) is 3.34. The van der Waals surface area contributed by atoms with Crippen LogP contribution < -0.4 is 14.8 Å². The predicted octanol–water partition coefficient (Wildman–Crippen LogP) is 1.07. The van der Waals surface area contributed by atoms with Crippen LogP contribution in [0.3, 0.4) is 0 Å². The van der Waals surface area contributed by atoms with Crippen molar-refractivity contribution in [3.05, 3.63) is 18.2 Å². The van der Waals surface area contributed by atoms with E-state index in [1.807, 2.05) is 25.7 Å². The summed E-state index contributed by atoms with van der Waals surface area (Å²) >= 11 is 0. The van der Waals surface area contributed by atoms with E-state index in [-0.39, 0.29) is 22.9 Å². The zero-order chi connectivity index (χ0) is 20.4. The van der Waals surface area contributed by atoms with Gasteiger partial charge in [-0.05, 0) is 45.9 Å². The molecule has 0 radical (unpaired) electrons. The van der Waals surface area contributed by atoms with Crippen LogP contribution in [-0.4, -0.2) is 75.0 Å². The van der Waals surface area contributed by atoms with E-state index in [1.54, 1.807) is 12.1 Å². The van der Waals surface area contributed by atoms with Crippen molar-refractivity contribution < 1.29 is 22.7 Å². The Balaban J connectivity index is 1.65. The van der Waals surface area contributed by atoms with Gasteiger partial charge in [0, 0.05) is 31.2 Å². The second-order valence-electron chi connectivity index (χ2n) is 8.14. The van der Waals surface area contributed by atoms with Gasteiger partial charge in [0.15, 0.2) is 11.5 Å². The molecule has 156 valence electrons. The van der Waals surface area contributed by atoms with Crippen molar-refractivity contribution in [1.29, 1.82) is 0 Å². The van der Waals surface area contributed by atoms with Crippen molar-refractivity contribution in [1.82, 2.24) is 14.5 Å². The Morgan fingerprint density at radius 2 is 1.79 bits per heavy atom. The van der Waals surface area contributed by atoms with Gasteiger partial charge >= 0.3 is 0 Å². The minimum atomic E-state index is -3.63. The lowest BCUT2D eigenvalue weighted by Gasteiger charge is -2.25. The standard InChI is InChI=1S/C19H29N3O5S/c1-19(2,3)20-18(23)14-21-7-4-8-22(10-9-21)28(24,25)15-5-6-16-17(13-15)27-12-11-26-16/h5-6,13H,4,7-12,14H2,1-3H3,(H,20,23). The van der Waals surface area contributed by atoms with Gasteiger partial charge in [0.2, 0.25) is 15.9 Å². The highest BCUT2D eigenvalue weighted by molar-refractivity contribution is 7.89. The number of nitrogens with zero attached hydrogens (tertiary/aromatic N) is 2. The number of sulfonamides is 1. The van der Waals surface area contributed by atoms with E-state index >= 15 is 0 Å². The fraction of sp³-hybridized carbons (Fsp3) is 0.632. The molecule has 3 rings (SSSR count). The smallest absolute Gasteiger partial charge is 0.243 e. The van der Waals surface area contributed by atoms with Crippen LogP contribution >= 0.6 is 0 Å². The largest absolute Gasteiger partial charge is 0.486 e. The van der Waals surface area contributed by atoms with Crippen LogP contribution in [0.2, 0.25) is 0 Å². The van der Waals surface area contributed by atoms with Crippen molar-refractivity contribution in [3.63, 3.8) is 0 Å². The number of ether oxygens (including phenoxy) is 2. The topological polar surface area (TPSA) is 88.2 Å². The van der Waals surface area contributed by atoms with Crippen molar-refractivity contribution in [3.8, 4) is 11.5 Å². The molecule has 0 unspecified atom stereocenters. The van der Waals surface area contributed by atoms with Crippen LogP contribution in [0.4, 0.5) is 0 Å². The van der Waals surface area contributed by atoms with Crippen LogP contribution in [0.15, 0.2) is 23.1 Å². The van der Waals surface area contributed by atoms with Gasteiger partial charge in [-0.25, -0.2) is 8.42 Å².